The lowest BCUT2D eigenvalue weighted by Gasteiger charge is -2.31. The van der Waals surface area contributed by atoms with E-state index in [2.05, 4.69) is 30.7 Å². The van der Waals surface area contributed by atoms with Crippen LogP contribution in [0.3, 0.4) is 0 Å². The summed E-state index contributed by atoms with van der Waals surface area (Å²) < 4.78 is 7.93. The fourth-order valence-corrected chi connectivity index (χ4v) is 3.64. The number of hydrogen-bond acceptors (Lipinski definition) is 5. The summed E-state index contributed by atoms with van der Waals surface area (Å²) in [6.07, 6.45) is 8.96. The lowest BCUT2D eigenvalue weighted by Crippen LogP contribution is -2.40. The topological polar surface area (TPSA) is 67.1 Å². The van der Waals surface area contributed by atoms with Gasteiger partial charge in [-0.25, -0.2) is 4.98 Å². The molecule has 0 aliphatic carbocycles. The first-order valence-electron chi connectivity index (χ1n) is 11.3. The molecule has 166 valence electrons. The van der Waals surface area contributed by atoms with Crippen LogP contribution in [0.25, 0.3) is 5.65 Å². The van der Waals surface area contributed by atoms with Gasteiger partial charge in [0.1, 0.15) is 11.4 Å². The molecule has 0 aliphatic heterocycles. The molecule has 0 radical (unpaired) electrons. The molecule has 3 rings (SSSR count). The van der Waals surface area contributed by atoms with Gasteiger partial charge < -0.3 is 14.2 Å². The van der Waals surface area contributed by atoms with Crippen molar-refractivity contribution in [3.63, 3.8) is 0 Å². The highest BCUT2D eigenvalue weighted by Gasteiger charge is 2.19. The molecule has 1 unspecified atom stereocenters. The maximum Gasteiger partial charge on any atom is 0.212 e. The Morgan fingerprint density at radius 3 is 2.35 bits per heavy atom. The molecular weight excluding hydrogens is 390 g/mol. The van der Waals surface area contributed by atoms with E-state index in [0.717, 1.165) is 50.9 Å². The Hall–Kier alpha value is -2.86. The van der Waals surface area contributed by atoms with Crippen LogP contribution in [-0.2, 0) is 0 Å². The number of fused-ring (bicyclic) bond motifs is 1. The first-order valence-corrected chi connectivity index (χ1v) is 11.3. The number of imidazole rings is 1. The van der Waals surface area contributed by atoms with Crippen LogP contribution < -0.4 is 4.74 Å². The Morgan fingerprint density at radius 2 is 1.77 bits per heavy atom. The second kappa shape index (κ2) is 11.0. The van der Waals surface area contributed by atoms with Crippen molar-refractivity contribution in [2.75, 3.05) is 13.1 Å². The number of unbranched alkanes of at least 4 members (excludes halogenated alkanes) is 2. The lowest BCUT2D eigenvalue weighted by molar-refractivity contribution is 0.0202. The molecule has 31 heavy (non-hydrogen) atoms. The van der Waals surface area contributed by atoms with Gasteiger partial charge in [-0.2, -0.15) is 0 Å². The summed E-state index contributed by atoms with van der Waals surface area (Å²) in [5, 5.41) is 9.92. The van der Waals surface area contributed by atoms with Gasteiger partial charge in [0.15, 0.2) is 17.6 Å². The van der Waals surface area contributed by atoms with Crippen LogP contribution in [0, 0.1) is 0 Å². The number of carbonyl (C=O) groups excluding carboxylic acids is 1. The molecule has 0 saturated carbocycles. The molecule has 0 saturated heterocycles. The number of rotatable bonds is 12. The van der Waals surface area contributed by atoms with Crippen LogP contribution in [-0.4, -0.2) is 44.5 Å². The minimum atomic E-state index is -0.186. The third-order valence-electron chi connectivity index (χ3n) is 5.44. The van der Waals surface area contributed by atoms with Crippen LogP contribution in [0.2, 0.25) is 0 Å². The normalized spacial score (nSPS) is 12.4. The number of aromatic nitrogens is 2. The van der Waals surface area contributed by atoms with Crippen LogP contribution in [0.1, 0.15) is 68.9 Å². The number of hydrogen-bond donors (Lipinski definition) is 1. The SMILES string of the molecule is CCCCN(CCCC)C(CC)Oc1ccc(C(=O)c2cn3cccc(O)c3n2)cc1. The minimum absolute atomic E-state index is 0.0288. The van der Waals surface area contributed by atoms with Gasteiger partial charge in [-0.05, 0) is 55.7 Å². The van der Waals surface area contributed by atoms with E-state index in [9.17, 15) is 9.90 Å². The van der Waals surface area contributed by atoms with E-state index >= 15 is 0 Å². The molecule has 3 aromatic rings. The maximum absolute atomic E-state index is 12.9. The van der Waals surface area contributed by atoms with Crippen molar-refractivity contribution in [1.29, 1.82) is 0 Å². The molecule has 0 aliphatic rings. The average Bonchev–Trinajstić information content (AvgIpc) is 3.24. The Morgan fingerprint density at radius 1 is 1.10 bits per heavy atom. The summed E-state index contributed by atoms with van der Waals surface area (Å²) in [6, 6.07) is 10.5. The molecule has 6 heteroatoms. The number of benzene rings is 1. The molecule has 0 fully saturated rings. The summed E-state index contributed by atoms with van der Waals surface area (Å²) in [5.41, 5.74) is 1.21. The monoisotopic (exact) mass is 423 g/mol. The summed E-state index contributed by atoms with van der Waals surface area (Å²) in [4.78, 5) is 19.6. The van der Waals surface area contributed by atoms with Crippen molar-refractivity contribution in [3.8, 4) is 11.5 Å². The van der Waals surface area contributed by atoms with E-state index in [1.807, 2.05) is 12.1 Å². The molecule has 2 heterocycles. The average molecular weight is 424 g/mol. The Balaban J connectivity index is 1.71. The summed E-state index contributed by atoms with van der Waals surface area (Å²) >= 11 is 0. The third kappa shape index (κ3) is 5.64. The summed E-state index contributed by atoms with van der Waals surface area (Å²) in [6.45, 7) is 8.63. The highest BCUT2D eigenvalue weighted by atomic mass is 16.5. The molecule has 1 aromatic carbocycles. The van der Waals surface area contributed by atoms with Crippen LogP contribution in [0.4, 0.5) is 0 Å². The van der Waals surface area contributed by atoms with E-state index in [1.54, 1.807) is 41.1 Å². The number of pyridine rings is 1. The zero-order chi connectivity index (χ0) is 22.2. The second-order valence-corrected chi connectivity index (χ2v) is 7.83. The molecule has 1 atom stereocenters. The van der Waals surface area contributed by atoms with E-state index in [0.29, 0.717) is 16.9 Å². The first-order chi connectivity index (χ1) is 15.1. The van der Waals surface area contributed by atoms with E-state index in [1.165, 1.54) is 0 Å². The Bertz CT molecular complexity index is 973. The fraction of sp³-hybridized carbons (Fsp3) is 0.440. The fourth-order valence-electron chi connectivity index (χ4n) is 3.64. The van der Waals surface area contributed by atoms with E-state index in [-0.39, 0.29) is 17.8 Å². The zero-order valence-corrected chi connectivity index (χ0v) is 18.8. The van der Waals surface area contributed by atoms with Crippen LogP contribution in [0.5, 0.6) is 11.5 Å². The highest BCUT2D eigenvalue weighted by Crippen LogP contribution is 2.21. The molecule has 1 N–H and O–H groups in total. The van der Waals surface area contributed by atoms with Gasteiger partial charge in [0.2, 0.25) is 5.78 Å². The van der Waals surface area contributed by atoms with Crippen molar-refractivity contribution < 1.29 is 14.6 Å². The molecule has 0 spiro atoms. The first kappa shape index (κ1) is 22.8. The zero-order valence-electron chi connectivity index (χ0n) is 18.8. The van der Waals surface area contributed by atoms with Gasteiger partial charge in [0.05, 0.1) is 0 Å². The van der Waals surface area contributed by atoms with Crippen LogP contribution >= 0.6 is 0 Å². The Labute approximate surface area is 184 Å². The highest BCUT2D eigenvalue weighted by molar-refractivity contribution is 6.08. The van der Waals surface area contributed by atoms with Crippen molar-refractivity contribution in [3.05, 3.63) is 60.0 Å². The third-order valence-corrected chi connectivity index (χ3v) is 5.44. The van der Waals surface area contributed by atoms with Gasteiger partial charge in [0.25, 0.3) is 0 Å². The minimum Gasteiger partial charge on any atom is -0.504 e. The number of ketones is 1. The van der Waals surface area contributed by atoms with Gasteiger partial charge in [-0.1, -0.05) is 33.6 Å². The standard InChI is InChI=1S/C25H33N3O3/c1-4-7-15-27(16-8-5-2)23(6-3)31-20-13-11-19(12-14-20)24(30)21-18-28-17-9-10-22(29)25(28)26-21/h9-14,17-18,23,29H,4-8,15-16H2,1-3H3. The number of ether oxygens (including phenoxy) is 1. The second-order valence-electron chi connectivity index (χ2n) is 7.83. The number of carbonyl (C=O) groups is 1. The van der Waals surface area contributed by atoms with E-state index < -0.39 is 0 Å². The smallest absolute Gasteiger partial charge is 0.212 e. The quantitative estimate of drug-likeness (QED) is 0.317. The van der Waals surface area contributed by atoms with Crippen molar-refractivity contribution in [1.82, 2.24) is 14.3 Å². The summed E-state index contributed by atoms with van der Waals surface area (Å²) in [7, 11) is 0. The molecule has 2 aromatic heterocycles. The Kier molecular flexibility index (Phi) is 8.06. The van der Waals surface area contributed by atoms with Crippen molar-refractivity contribution in [2.45, 2.75) is 59.1 Å². The molecule has 6 nitrogen and oxygen atoms in total. The van der Waals surface area contributed by atoms with Crippen molar-refractivity contribution >= 4 is 11.4 Å². The van der Waals surface area contributed by atoms with Gasteiger partial charge in [-0.3, -0.25) is 9.69 Å². The predicted molar refractivity (Wildman–Crippen MR) is 123 cm³/mol. The maximum atomic E-state index is 12.9. The lowest BCUT2D eigenvalue weighted by atomic mass is 10.1. The summed E-state index contributed by atoms with van der Waals surface area (Å²) in [5.74, 6) is 0.620. The van der Waals surface area contributed by atoms with Gasteiger partial charge >= 0.3 is 0 Å². The number of aromatic hydroxyl groups is 1. The van der Waals surface area contributed by atoms with Crippen LogP contribution in [0.15, 0.2) is 48.8 Å². The molecule has 0 bridgehead atoms. The largest absolute Gasteiger partial charge is 0.504 e. The molecular formula is C25H33N3O3. The van der Waals surface area contributed by atoms with Gasteiger partial charge in [0, 0.05) is 31.0 Å². The van der Waals surface area contributed by atoms with Crippen molar-refractivity contribution in [2.24, 2.45) is 0 Å². The van der Waals surface area contributed by atoms with E-state index in [4.69, 9.17) is 4.74 Å². The predicted octanol–water partition coefficient (Wildman–Crippen LogP) is 5.29. The molecule has 0 amide bonds. The number of nitrogens with zero attached hydrogens (tertiary/aromatic N) is 3. The van der Waals surface area contributed by atoms with Gasteiger partial charge in [-0.15, -0.1) is 0 Å².